The van der Waals surface area contributed by atoms with Crippen LogP contribution in [-0.4, -0.2) is 38.5 Å². The van der Waals surface area contributed by atoms with Crippen molar-refractivity contribution in [2.75, 3.05) is 17.7 Å². The Morgan fingerprint density at radius 3 is 2.38 bits per heavy atom. The Bertz CT molecular complexity index is 656. The first-order chi connectivity index (χ1) is 9.68. The normalized spacial score (nSPS) is 19.4. The molecular formula is C13H15F3N2O2S. The molecule has 1 unspecified atom stereocenters. The molecule has 1 aromatic carbocycles. The number of hydrogen-bond acceptors (Lipinski definition) is 4. The summed E-state index contributed by atoms with van der Waals surface area (Å²) in [4.78, 5) is 1.83. The first-order valence-electron chi connectivity index (χ1n) is 6.25. The third-order valence-electron chi connectivity index (χ3n) is 3.26. The number of hydrogen-bond donors (Lipinski definition) is 0. The Hall–Kier alpha value is -1.70. The molecule has 0 aromatic heterocycles. The van der Waals surface area contributed by atoms with Gasteiger partial charge in [-0.3, -0.25) is 0 Å². The molecule has 4 nitrogen and oxygen atoms in total. The van der Waals surface area contributed by atoms with Crippen molar-refractivity contribution in [3.8, 4) is 0 Å². The highest BCUT2D eigenvalue weighted by atomic mass is 32.2. The van der Waals surface area contributed by atoms with E-state index < -0.39 is 22.2 Å². The van der Waals surface area contributed by atoms with Gasteiger partial charge in [-0.1, -0.05) is 19.1 Å². The first-order valence-corrected chi connectivity index (χ1v) is 7.91. The highest BCUT2D eigenvalue weighted by molar-refractivity contribution is 7.91. The minimum atomic E-state index is -4.51. The molecular weight excluding hydrogens is 305 g/mol. The quantitative estimate of drug-likeness (QED) is 0.858. The summed E-state index contributed by atoms with van der Waals surface area (Å²) >= 11 is 0. The molecule has 1 aliphatic heterocycles. The maximum Gasteiger partial charge on any atom is 0.427 e. The molecule has 21 heavy (non-hydrogen) atoms. The summed E-state index contributed by atoms with van der Waals surface area (Å²) in [6, 6.07) is 5.72. The van der Waals surface area contributed by atoms with Gasteiger partial charge in [0.15, 0.2) is 9.84 Å². The smallest absolute Gasteiger partial charge is 0.351 e. The van der Waals surface area contributed by atoms with Crippen molar-refractivity contribution in [1.82, 2.24) is 4.90 Å². The number of halogens is 3. The van der Waals surface area contributed by atoms with Crippen molar-refractivity contribution < 1.29 is 21.6 Å². The van der Waals surface area contributed by atoms with Gasteiger partial charge in [-0.2, -0.15) is 13.2 Å². The van der Waals surface area contributed by atoms with Gasteiger partial charge in [0, 0.05) is 19.4 Å². The topological polar surface area (TPSA) is 40.6 Å². The van der Waals surface area contributed by atoms with Crippen LogP contribution in [0.15, 0.2) is 41.6 Å². The molecule has 8 heteroatoms. The van der Waals surface area contributed by atoms with Crippen molar-refractivity contribution >= 4 is 15.5 Å². The summed E-state index contributed by atoms with van der Waals surface area (Å²) in [5.41, 5.74) is 0.0299. The second-order valence-corrected chi connectivity index (χ2v) is 6.90. The van der Waals surface area contributed by atoms with Crippen molar-refractivity contribution in [2.45, 2.75) is 24.2 Å². The number of anilines is 1. The predicted molar refractivity (Wildman–Crippen MR) is 73.4 cm³/mol. The molecule has 1 aromatic rings. The molecule has 1 heterocycles. The van der Waals surface area contributed by atoms with Crippen LogP contribution < -0.4 is 4.90 Å². The first kappa shape index (κ1) is 15.7. The van der Waals surface area contributed by atoms with Crippen molar-refractivity contribution in [1.29, 1.82) is 0 Å². The maximum absolute atomic E-state index is 13.2. The second-order valence-electron chi connectivity index (χ2n) is 4.66. The molecule has 0 radical (unpaired) electrons. The van der Waals surface area contributed by atoms with Gasteiger partial charge in [-0.25, -0.2) is 8.42 Å². The van der Waals surface area contributed by atoms with Gasteiger partial charge in [0.05, 0.1) is 16.3 Å². The number of alkyl halides is 3. The lowest BCUT2D eigenvalue weighted by molar-refractivity contribution is -0.169. The number of sulfone groups is 1. The van der Waals surface area contributed by atoms with E-state index in [0.717, 1.165) is 9.80 Å². The van der Waals surface area contributed by atoms with Gasteiger partial charge >= 0.3 is 6.18 Å². The Balaban J connectivity index is 2.55. The molecule has 0 fully saturated rings. The van der Waals surface area contributed by atoms with Crippen LogP contribution in [0, 0.1) is 0 Å². The van der Waals surface area contributed by atoms with Crippen LogP contribution in [-0.2, 0) is 9.84 Å². The number of benzene rings is 1. The third kappa shape index (κ3) is 2.85. The van der Waals surface area contributed by atoms with E-state index in [1.807, 2.05) is 0 Å². The minimum Gasteiger partial charge on any atom is -0.351 e. The van der Waals surface area contributed by atoms with E-state index in [4.69, 9.17) is 0 Å². The van der Waals surface area contributed by atoms with Gasteiger partial charge in [-0.15, -0.1) is 0 Å². The zero-order chi connectivity index (χ0) is 15.8. The van der Waals surface area contributed by atoms with Crippen LogP contribution >= 0.6 is 0 Å². The summed E-state index contributed by atoms with van der Waals surface area (Å²) in [5, 5.41) is 0. The van der Waals surface area contributed by atoms with E-state index in [-0.39, 0.29) is 16.3 Å². The number of nitrogens with zero attached hydrogens (tertiary/aromatic N) is 2. The molecule has 2 rings (SSSR count). The largest absolute Gasteiger partial charge is 0.427 e. The van der Waals surface area contributed by atoms with Crippen LogP contribution in [0.2, 0.25) is 0 Å². The molecule has 0 bridgehead atoms. The fourth-order valence-electron chi connectivity index (χ4n) is 2.23. The van der Waals surface area contributed by atoms with E-state index in [2.05, 4.69) is 0 Å². The lowest BCUT2D eigenvalue weighted by Crippen LogP contribution is -2.48. The molecule has 0 amide bonds. The van der Waals surface area contributed by atoms with Gasteiger partial charge in [0.2, 0.25) is 6.17 Å². The summed E-state index contributed by atoms with van der Waals surface area (Å²) in [6.07, 6.45) is -3.91. The summed E-state index contributed by atoms with van der Waals surface area (Å²) in [6.45, 7) is 1.46. The molecule has 0 N–H and O–H groups in total. The fraction of sp³-hybridized carbons (Fsp3) is 0.385. The minimum absolute atomic E-state index is 0.0299. The van der Waals surface area contributed by atoms with Crippen LogP contribution in [0.1, 0.15) is 6.92 Å². The number of rotatable bonds is 3. The van der Waals surface area contributed by atoms with E-state index >= 15 is 0 Å². The van der Waals surface area contributed by atoms with Gasteiger partial charge in [-0.05, 0) is 12.1 Å². The van der Waals surface area contributed by atoms with E-state index in [1.165, 1.54) is 50.6 Å². The lowest BCUT2D eigenvalue weighted by Gasteiger charge is -2.32. The van der Waals surface area contributed by atoms with Gasteiger partial charge in [0.25, 0.3) is 0 Å². The Morgan fingerprint density at radius 1 is 1.19 bits per heavy atom. The van der Waals surface area contributed by atoms with Gasteiger partial charge in [0.1, 0.15) is 0 Å². The van der Waals surface area contributed by atoms with E-state index in [0.29, 0.717) is 0 Å². The number of para-hydroxylation sites is 1. The van der Waals surface area contributed by atoms with Crippen molar-refractivity contribution in [2.24, 2.45) is 0 Å². The molecule has 0 aliphatic carbocycles. The maximum atomic E-state index is 13.2. The van der Waals surface area contributed by atoms with Crippen LogP contribution in [0.3, 0.4) is 0 Å². The second kappa shape index (κ2) is 5.25. The third-order valence-corrected chi connectivity index (χ3v) is 5.04. The zero-order valence-electron chi connectivity index (χ0n) is 11.5. The average molecular weight is 320 g/mol. The van der Waals surface area contributed by atoms with Crippen molar-refractivity contribution in [3.63, 3.8) is 0 Å². The SMILES string of the molecule is CCS(=O)(=O)c1ccccc1N1C=CN(C)C1C(F)(F)F. The average Bonchev–Trinajstić information content (AvgIpc) is 2.80. The molecule has 0 saturated carbocycles. The van der Waals surface area contributed by atoms with E-state index in [1.54, 1.807) is 0 Å². The molecule has 0 saturated heterocycles. The Kier molecular flexibility index (Phi) is 3.92. The summed E-state index contributed by atoms with van der Waals surface area (Å²) in [7, 11) is -2.32. The van der Waals surface area contributed by atoms with Crippen LogP contribution in [0.4, 0.5) is 18.9 Å². The summed E-state index contributed by atoms with van der Waals surface area (Å²) < 4.78 is 63.7. The van der Waals surface area contributed by atoms with Crippen LogP contribution in [0.25, 0.3) is 0 Å². The molecule has 116 valence electrons. The molecule has 1 aliphatic rings. The van der Waals surface area contributed by atoms with Crippen molar-refractivity contribution in [3.05, 3.63) is 36.7 Å². The molecule has 1 atom stereocenters. The zero-order valence-corrected chi connectivity index (χ0v) is 12.3. The van der Waals surface area contributed by atoms with E-state index in [9.17, 15) is 21.6 Å². The fourth-order valence-corrected chi connectivity index (χ4v) is 3.31. The highest BCUT2D eigenvalue weighted by Crippen LogP contribution is 2.37. The predicted octanol–water partition coefficient (Wildman–Crippen LogP) is 2.59. The Labute approximate surface area is 121 Å². The standard InChI is InChI=1S/C13H15F3N2O2S/c1-3-21(19,20)11-7-5-4-6-10(11)18-9-8-17(2)12(18)13(14,15)16/h4-9,12H,3H2,1-2H3. The van der Waals surface area contributed by atoms with Crippen LogP contribution in [0.5, 0.6) is 0 Å². The molecule has 0 spiro atoms. The lowest BCUT2D eigenvalue weighted by atomic mass is 10.2. The van der Waals surface area contributed by atoms with Gasteiger partial charge < -0.3 is 9.80 Å². The summed E-state index contributed by atoms with van der Waals surface area (Å²) in [5.74, 6) is -0.173. The monoisotopic (exact) mass is 320 g/mol. The Morgan fingerprint density at radius 2 is 1.81 bits per heavy atom. The highest BCUT2D eigenvalue weighted by Gasteiger charge is 2.48.